The smallest absolute Gasteiger partial charge is 0.191 e. The van der Waals surface area contributed by atoms with Gasteiger partial charge < -0.3 is 10.6 Å². The van der Waals surface area contributed by atoms with Crippen molar-refractivity contribution in [1.29, 1.82) is 0 Å². The fourth-order valence-electron chi connectivity index (χ4n) is 2.37. The number of hydrogen-bond acceptors (Lipinski definition) is 3. The lowest BCUT2D eigenvalue weighted by atomic mass is 9.96. The van der Waals surface area contributed by atoms with E-state index in [1.54, 1.807) is 19.2 Å². The summed E-state index contributed by atoms with van der Waals surface area (Å²) in [4.78, 5) is 4.08. The summed E-state index contributed by atoms with van der Waals surface area (Å²) in [5.74, 6) is 0.397. The van der Waals surface area contributed by atoms with Gasteiger partial charge in [-0.05, 0) is 30.5 Å². The molecule has 1 aliphatic rings. The van der Waals surface area contributed by atoms with E-state index in [-0.39, 0.29) is 41.0 Å². The third kappa shape index (κ3) is 6.25. The number of halogens is 2. The van der Waals surface area contributed by atoms with E-state index in [0.29, 0.717) is 19.0 Å². The molecule has 1 aromatic carbocycles. The van der Waals surface area contributed by atoms with E-state index in [0.717, 1.165) is 18.4 Å². The summed E-state index contributed by atoms with van der Waals surface area (Å²) in [5.41, 5.74) is 0.947. The third-order valence-electron chi connectivity index (χ3n) is 3.87. The third-order valence-corrected chi connectivity index (χ3v) is 4.82. The molecule has 1 aliphatic carbocycles. The van der Waals surface area contributed by atoms with Crippen LogP contribution in [0.1, 0.15) is 18.4 Å². The molecule has 0 aliphatic heterocycles. The first-order valence-electron chi connectivity index (χ1n) is 7.23. The highest BCUT2D eigenvalue weighted by molar-refractivity contribution is 14.0. The van der Waals surface area contributed by atoms with E-state index in [2.05, 4.69) is 15.6 Å². The van der Waals surface area contributed by atoms with Crippen LogP contribution in [0.15, 0.2) is 29.3 Å². The molecule has 1 saturated carbocycles. The molecule has 130 valence electrons. The van der Waals surface area contributed by atoms with Crippen molar-refractivity contribution in [3.8, 4) is 0 Å². The van der Waals surface area contributed by atoms with Crippen LogP contribution < -0.4 is 10.6 Å². The predicted octanol–water partition coefficient (Wildman–Crippen LogP) is 1.68. The number of nitrogens with one attached hydrogen (secondary N) is 2. The van der Waals surface area contributed by atoms with Gasteiger partial charge >= 0.3 is 0 Å². The number of aliphatic imine (C=N–C) groups is 1. The van der Waals surface area contributed by atoms with Crippen molar-refractivity contribution >= 4 is 39.8 Å². The van der Waals surface area contributed by atoms with Crippen LogP contribution in [0, 0.1) is 5.82 Å². The zero-order valence-corrected chi connectivity index (χ0v) is 16.4. The van der Waals surface area contributed by atoms with Gasteiger partial charge in [-0.1, -0.05) is 12.1 Å². The zero-order valence-electron chi connectivity index (χ0n) is 13.3. The van der Waals surface area contributed by atoms with Gasteiger partial charge in [-0.2, -0.15) is 0 Å². The Morgan fingerprint density at radius 3 is 2.57 bits per heavy atom. The Bertz CT molecular complexity index is 660. The van der Waals surface area contributed by atoms with E-state index in [4.69, 9.17) is 0 Å². The average molecular weight is 455 g/mol. The molecule has 5 nitrogen and oxygen atoms in total. The van der Waals surface area contributed by atoms with Gasteiger partial charge in [-0.15, -0.1) is 24.0 Å². The zero-order chi connectivity index (χ0) is 16.2. The quantitative estimate of drug-likeness (QED) is 0.389. The van der Waals surface area contributed by atoms with Crippen molar-refractivity contribution in [2.75, 3.05) is 32.1 Å². The summed E-state index contributed by atoms with van der Waals surface area (Å²) in [6.45, 7) is 0.959. The molecular formula is C15H23FIN3O2S. The summed E-state index contributed by atoms with van der Waals surface area (Å²) in [5, 5.41) is 6.17. The van der Waals surface area contributed by atoms with Crippen molar-refractivity contribution in [2.24, 2.45) is 4.99 Å². The second-order valence-electron chi connectivity index (χ2n) is 5.77. The van der Waals surface area contributed by atoms with Crippen LogP contribution in [0.5, 0.6) is 0 Å². The number of rotatable bonds is 6. The van der Waals surface area contributed by atoms with Gasteiger partial charge in [0.1, 0.15) is 15.7 Å². The highest BCUT2D eigenvalue weighted by atomic mass is 127. The second-order valence-corrected chi connectivity index (χ2v) is 8.03. The Kier molecular flexibility index (Phi) is 7.25. The summed E-state index contributed by atoms with van der Waals surface area (Å²) in [6, 6.07) is 6.69. The molecule has 0 heterocycles. The monoisotopic (exact) mass is 455 g/mol. The first kappa shape index (κ1) is 20.1. The maximum Gasteiger partial charge on any atom is 0.191 e. The molecule has 0 aromatic heterocycles. The summed E-state index contributed by atoms with van der Waals surface area (Å²) < 4.78 is 35.6. The Morgan fingerprint density at radius 2 is 2.04 bits per heavy atom. The number of hydrogen-bond donors (Lipinski definition) is 2. The van der Waals surface area contributed by atoms with Crippen LogP contribution >= 0.6 is 24.0 Å². The van der Waals surface area contributed by atoms with Gasteiger partial charge in [0.2, 0.25) is 0 Å². The minimum atomic E-state index is -2.99. The fraction of sp³-hybridized carbons (Fsp3) is 0.533. The highest BCUT2D eigenvalue weighted by Gasteiger charge is 2.44. The van der Waals surface area contributed by atoms with Crippen LogP contribution in [-0.2, 0) is 15.3 Å². The lowest BCUT2D eigenvalue weighted by molar-refractivity contribution is 0.599. The molecule has 0 spiro atoms. The Balaban J connectivity index is 0.00000264. The molecule has 2 rings (SSSR count). The number of benzene rings is 1. The Morgan fingerprint density at radius 1 is 1.35 bits per heavy atom. The van der Waals surface area contributed by atoms with Crippen LogP contribution in [0.2, 0.25) is 0 Å². The largest absolute Gasteiger partial charge is 0.356 e. The number of guanidine groups is 1. The maximum absolute atomic E-state index is 13.4. The van der Waals surface area contributed by atoms with Crippen LogP contribution in [0.3, 0.4) is 0 Å². The van der Waals surface area contributed by atoms with Crippen molar-refractivity contribution in [3.63, 3.8) is 0 Å². The van der Waals surface area contributed by atoms with E-state index in [9.17, 15) is 12.8 Å². The fourth-order valence-corrected chi connectivity index (χ4v) is 2.84. The van der Waals surface area contributed by atoms with Gasteiger partial charge in [-0.3, -0.25) is 4.99 Å². The molecule has 1 fully saturated rings. The molecule has 0 atom stereocenters. The second kappa shape index (κ2) is 8.27. The lowest BCUT2D eigenvalue weighted by Gasteiger charge is -2.19. The molecule has 1 aromatic rings. The first-order valence-corrected chi connectivity index (χ1v) is 9.29. The molecule has 2 N–H and O–H groups in total. The SMILES string of the molecule is CN=C(NCCS(C)(=O)=O)NCC1(c2cccc(F)c2)CC1.I. The Hall–Kier alpha value is -0.900. The molecule has 0 amide bonds. The highest BCUT2D eigenvalue weighted by Crippen LogP contribution is 2.47. The predicted molar refractivity (Wildman–Crippen MR) is 102 cm³/mol. The van der Waals surface area contributed by atoms with Gasteiger partial charge in [0.15, 0.2) is 5.96 Å². The Labute approximate surface area is 154 Å². The molecule has 0 unspecified atom stereocenters. The molecule has 0 radical (unpaired) electrons. The van der Waals surface area contributed by atoms with E-state index < -0.39 is 9.84 Å². The first-order chi connectivity index (χ1) is 10.3. The van der Waals surface area contributed by atoms with Gasteiger partial charge in [0.25, 0.3) is 0 Å². The average Bonchev–Trinajstić information content (AvgIpc) is 3.22. The van der Waals surface area contributed by atoms with Crippen molar-refractivity contribution in [3.05, 3.63) is 35.6 Å². The standard InChI is InChI=1S/C15H22FN3O2S.HI/c1-17-14(18-8-9-22(2,20)21)19-11-15(6-7-15)12-4-3-5-13(16)10-12;/h3-5,10H,6-9,11H2,1-2H3,(H2,17,18,19);1H. The van der Waals surface area contributed by atoms with Gasteiger partial charge in [-0.25, -0.2) is 12.8 Å². The minimum Gasteiger partial charge on any atom is -0.356 e. The summed E-state index contributed by atoms with van der Waals surface area (Å²) >= 11 is 0. The van der Waals surface area contributed by atoms with E-state index in [1.165, 1.54) is 12.3 Å². The lowest BCUT2D eigenvalue weighted by Crippen LogP contribution is -2.42. The number of sulfone groups is 1. The van der Waals surface area contributed by atoms with E-state index in [1.807, 2.05) is 6.07 Å². The number of nitrogens with zero attached hydrogens (tertiary/aromatic N) is 1. The van der Waals surface area contributed by atoms with Crippen molar-refractivity contribution < 1.29 is 12.8 Å². The van der Waals surface area contributed by atoms with E-state index >= 15 is 0 Å². The molecule has 0 bridgehead atoms. The summed E-state index contributed by atoms with van der Waals surface area (Å²) in [7, 11) is -1.36. The van der Waals surface area contributed by atoms with Gasteiger partial charge in [0, 0.05) is 31.8 Å². The van der Waals surface area contributed by atoms with Crippen LogP contribution in [-0.4, -0.2) is 46.5 Å². The molecule has 0 saturated heterocycles. The minimum absolute atomic E-state index is 0. The van der Waals surface area contributed by atoms with Crippen LogP contribution in [0.25, 0.3) is 0 Å². The van der Waals surface area contributed by atoms with Crippen molar-refractivity contribution in [2.45, 2.75) is 18.3 Å². The molecule has 8 heteroatoms. The topological polar surface area (TPSA) is 70.6 Å². The van der Waals surface area contributed by atoms with Crippen molar-refractivity contribution in [1.82, 2.24) is 10.6 Å². The molecular weight excluding hydrogens is 432 g/mol. The molecule has 23 heavy (non-hydrogen) atoms. The normalized spacial score (nSPS) is 16.4. The maximum atomic E-state index is 13.4. The van der Waals surface area contributed by atoms with Crippen LogP contribution in [0.4, 0.5) is 4.39 Å². The van der Waals surface area contributed by atoms with Gasteiger partial charge in [0.05, 0.1) is 5.75 Å². The summed E-state index contributed by atoms with van der Waals surface area (Å²) in [6.07, 6.45) is 3.21.